The number of nitrogens with one attached hydrogen (secondary N) is 1. The Kier molecular flexibility index (Phi) is 3.26. The van der Waals surface area contributed by atoms with Crippen LogP contribution in [0.1, 0.15) is 26.0 Å². The smallest absolute Gasteiger partial charge is 0.308 e. The van der Waals surface area contributed by atoms with E-state index in [1.807, 2.05) is 12.1 Å². The van der Waals surface area contributed by atoms with Crippen LogP contribution in [0.25, 0.3) is 0 Å². The van der Waals surface area contributed by atoms with Gasteiger partial charge in [-0.05, 0) is 30.9 Å². The number of hydrogen-bond donors (Lipinski definition) is 2. The van der Waals surface area contributed by atoms with Crippen LogP contribution in [0, 0.1) is 11.8 Å². The largest absolute Gasteiger partial charge is 0.481 e. The van der Waals surface area contributed by atoms with Crippen molar-refractivity contribution in [3.05, 3.63) is 17.8 Å². The van der Waals surface area contributed by atoms with Crippen LogP contribution in [0.4, 0.5) is 5.82 Å². The van der Waals surface area contributed by atoms with Crippen LogP contribution in [0.2, 0.25) is 0 Å². The highest BCUT2D eigenvalue weighted by atomic mass is 16.4. The normalized spacial score (nSPS) is 22.5. The molecule has 2 rings (SSSR count). The first-order chi connectivity index (χ1) is 8.06. The summed E-state index contributed by atoms with van der Waals surface area (Å²) in [7, 11) is 0. The molecule has 0 aliphatic heterocycles. The van der Waals surface area contributed by atoms with Gasteiger partial charge in [-0.15, -0.1) is 5.10 Å². The van der Waals surface area contributed by atoms with Gasteiger partial charge in [0.2, 0.25) is 0 Å². The van der Waals surface area contributed by atoms with Crippen LogP contribution in [0.15, 0.2) is 12.1 Å². The maximum absolute atomic E-state index is 10.7. The molecule has 1 fully saturated rings. The van der Waals surface area contributed by atoms with Gasteiger partial charge >= 0.3 is 5.97 Å². The number of nitrogens with zero attached hydrogens (tertiary/aromatic N) is 2. The zero-order valence-electron chi connectivity index (χ0n) is 10.1. The van der Waals surface area contributed by atoms with Gasteiger partial charge in [-0.3, -0.25) is 4.79 Å². The van der Waals surface area contributed by atoms with Crippen molar-refractivity contribution in [1.29, 1.82) is 0 Å². The summed E-state index contributed by atoms with van der Waals surface area (Å²) in [5, 5.41) is 20.0. The zero-order chi connectivity index (χ0) is 12.4. The number of aliphatic carboxylic acids is 1. The van der Waals surface area contributed by atoms with Gasteiger partial charge in [0.25, 0.3) is 0 Å². The molecule has 5 heteroatoms. The molecule has 1 aliphatic rings. The lowest BCUT2D eigenvalue weighted by molar-refractivity contribution is -0.138. The maximum Gasteiger partial charge on any atom is 0.308 e. The fourth-order valence-corrected chi connectivity index (χ4v) is 1.78. The molecule has 2 unspecified atom stereocenters. The molecule has 5 nitrogen and oxygen atoms in total. The first-order valence-corrected chi connectivity index (χ1v) is 5.88. The third-order valence-electron chi connectivity index (χ3n) is 2.78. The molecule has 0 saturated heterocycles. The van der Waals surface area contributed by atoms with Gasteiger partial charge in [-0.2, -0.15) is 5.10 Å². The number of carboxylic acids is 1. The van der Waals surface area contributed by atoms with Crippen molar-refractivity contribution in [2.45, 2.75) is 32.7 Å². The molecule has 1 heterocycles. The molecule has 0 amide bonds. The Morgan fingerprint density at radius 3 is 2.76 bits per heavy atom. The van der Waals surface area contributed by atoms with E-state index in [1.54, 1.807) is 0 Å². The van der Waals surface area contributed by atoms with E-state index in [1.165, 1.54) is 0 Å². The van der Waals surface area contributed by atoms with Crippen LogP contribution in [-0.4, -0.2) is 27.3 Å². The highest BCUT2D eigenvalue weighted by Gasteiger charge is 2.43. The van der Waals surface area contributed by atoms with E-state index in [2.05, 4.69) is 29.4 Å². The number of rotatable bonds is 5. The Hall–Kier alpha value is -1.65. The molecular weight excluding hydrogens is 218 g/mol. The quantitative estimate of drug-likeness (QED) is 0.810. The summed E-state index contributed by atoms with van der Waals surface area (Å²) in [5.74, 6) is 0.202. The highest BCUT2D eigenvalue weighted by molar-refractivity contribution is 5.75. The number of carboxylic acid groups (broad SMARTS) is 1. The molecule has 0 aromatic carbocycles. The van der Waals surface area contributed by atoms with Crippen LogP contribution in [0.5, 0.6) is 0 Å². The zero-order valence-corrected chi connectivity index (χ0v) is 10.1. The molecule has 0 spiro atoms. The SMILES string of the molecule is CC(C)Cc1ccc(NC2CC2C(=O)O)nn1. The molecule has 1 aliphatic carbocycles. The summed E-state index contributed by atoms with van der Waals surface area (Å²) < 4.78 is 0. The fourth-order valence-electron chi connectivity index (χ4n) is 1.78. The number of anilines is 1. The minimum Gasteiger partial charge on any atom is -0.481 e. The summed E-state index contributed by atoms with van der Waals surface area (Å²) in [6.07, 6.45) is 1.58. The second-order valence-electron chi connectivity index (χ2n) is 4.94. The van der Waals surface area contributed by atoms with Gasteiger partial charge in [-0.25, -0.2) is 0 Å². The molecule has 0 bridgehead atoms. The predicted octanol–water partition coefficient (Wildman–Crippen LogP) is 1.56. The standard InChI is InChI=1S/C12H17N3O2/c1-7(2)5-8-3-4-11(15-14-8)13-10-6-9(10)12(16)17/h3-4,7,9-10H,5-6H2,1-2H3,(H,13,15)(H,16,17). The molecule has 2 N–H and O–H groups in total. The molecule has 0 radical (unpaired) electrons. The lowest BCUT2D eigenvalue weighted by atomic mass is 10.1. The van der Waals surface area contributed by atoms with E-state index in [4.69, 9.17) is 5.11 Å². The van der Waals surface area contributed by atoms with Gasteiger partial charge in [0.15, 0.2) is 0 Å². The van der Waals surface area contributed by atoms with Crippen LogP contribution in [0.3, 0.4) is 0 Å². The first-order valence-electron chi connectivity index (χ1n) is 5.88. The molecule has 1 aromatic heterocycles. The van der Waals surface area contributed by atoms with E-state index < -0.39 is 5.97 Å². The van der Waals surface area contributed by atoms with E-state index in [-0.39, 0.29) is 12.0 Å². The lowest BCUT2D eigenvalue weighted by Gasteiger charge is -2.05. The molecular formula is C12H17N3O2. The summed E-state index contributed by atoms with van der Waals surface area (Å²) >= 11 is 0. The van der Waals surface area contributed by atoms with Crippen LogP contribution in [-0.2, 0) is 11.2 Å². The topological polar surface area (TPSA) is 75.1 Å². The summed E-state index contributed by atoms with van der Waals surface area (Å²) in [5.41, 5.74) is 0.969. The van der Waals surface area contributed by atoms with Gasteiger partial charge in [0.1, 0.15) is 5.82 Å². The van der Waals surface area contributed by atoms with Crippen LogP contribution >= 0.6 is 0 Å². The van der Waals surface area contributed by atoms with Crippen LogP contribution < -0.4 is 5.32 Å². The Morgan fingerprint density at radius 1 is 1.53 bits per heavy atom. The van der Waals surface area contributed by atoms with Gasteiger partial charge < -0.3 is 10.4 Å². The van der Waals surface area contributed by atoms with Gasteiger partial charge in [0, 0.05) is 6.04 Å². The lowest BCUT2D eigenvalue weighted by Crippen LogP contribution is -2.11. The minimum absolute atomic E-state index is 0.0118. The van der Waals surface area contributed by atoms with Crippen molar-refractivity contribution in [2.24, 2.45) is 11.8 Å². The molecule has 92 valence electrons. The summed E-state index contributed by atoms with van der Waals surface area (Å²) in [6.45, 7) is 4.27. The Bertz CT molecular complexity index is 403. The van der Waals surface area contributed by atoms with Crippen molar-refractivity contribution in [2.75, 3.05) is 5.32 Å². The molecule has 1 saturated carbocycles. The fraction of sp³-hybridized carbons (Fsp3) is 0.583. The highest BCUT2D eigenvalue weighted by Crippen LogP contribution is 2.33. The molecule has 1 aromatic rings. The van der Waals surface area contributed by atoms with Gasteiger partial charge in [-0.1, -0.05) is 13.8 Å². The Balaban J connectivity index is 1.89. The van der Waals surface area contributed by atoms with E-state index in [0.717, 1.165) is 12.1 Å². The van der Waals surface area contributed by atoms with Crippen molar-refractivity contribution < 1.29 is 9.90 Å². The third-order valence-corrected chi connectivity index (χ3v) is 2.78. The van der Waals surface area contributed by atoms with E-state index in [0.29, 0.717) is 18.2 Å². The maximum atomic E-state index is 10.7. The third kappa shape index (κ3) is 3.15. The van der Waals surface area contributed by atoms with Gasteiger partial charge in [0.05, 0.1) is 11.6 Å². The number of hydrogen-bond acceptors (Lipinski definition) is 4. The first kappa shape index (κ1) is 11.8. The molecule has 17 heavy (non-hydrogen) atoms. The van der Waals surface area contributed by atoms with Crippen molar-refractivity contribution in [1.82, 2.24) is 10.2 Å². The van der Waals surface area contributed by atoms with E-state index in [9.17, 15) is 4.79 Å². The number of aromatic nitrogens is 2. The minimum atomic E-state index is -0.744. The van der Waals surface area contributed by atoms with Crippen molar-refractivity contribution in [3.63, 3.8) is 0 Å². The predicted molar refractivity (Wildman–Crippen MR) is 63.7 cm³/mol. The van der Waals surface area contributed by atoms with Crippen molar-refractivity contribution >= 4 is 11.8 Å². The Labute approximate surface area is 100 Å². The van der Waals surface area contributed by atoms with Crippen molar-refractivity contribution in [3.8, 4) is 0 Å². The molecule has 2 atom stereocenters. The second-order valence-corrected chi connectivity index (χ2v) is 4.94. The monoisotopic (exact) mass is 235 g/mol. The number of carbonyl (C=O) groups is 1. The summed E-state index contributed by atoms with van der Waals surface area (Å²) in [4.78, 5) is 10.7. The average Bonchev–Trinajstić information content (AvgIpc) is 3.00. The van der Waals surface area contributed by atoms with E-state index >= 15 is 0 Å². The average molecular weight is 235 g/mol. The second kappa shape index (κ2) is 4.69. The Morgan fingerprint density at radius 2 is 2.29 bits per heavy atom. The summed E-state index contributed by atoms with van der Waals surface area (Å²) in [6, 6.07) is 3.81.